The normalized spacial score (nSPS) is 14.2. The fourth-order valence-electron chi connectivity index (χ4n) is 4.05. The number of benzene rings is 2. The number of likely N-dealkylation sites (tertiary alicyclic amines) is 1. The van der Waals surface area contributed by atoms with E-state index in [1.165, 1.54) is 6.26 Å². The van der Waals surface area contributed by atoms with Gasteiger partial charge in [0, 0.05) is 30.3 Å². The molecule has 2 aromatic carbocycles. The minimum Gasteiger partial charge on any atom is -0.459 e. The quantitative estimate of drug-likeness (QED) is 0.488. The van der Waals surface area contributed by atoms with Crippen LogP contribution in [0.15, 0.2) is 88.0 Å². The van der Waals surface area contributed by atoms with Crippen LogP contribution in [-0.2, 0) is 0 Å². The van der Waals surface area contributed by atoms with E-state index in [2.05, 4.69) is 10.3 Å². The van der Waals surface area contributed by atoms with Crippen molar-refractivity contribution in [3.63, 3.8) is 0 Å². The van der Waals surface area contributed by atoms with Gasteiger partial charge in [0.25, 0.3) is 11.8 Å². The number of carbonyl (C=O) groups excluding carboxylic acids is 2. The van der Waals surface area contributed by atoms with E-state index in [9.17, 15) is 9.59 Å². The first-order valence-electron chi connectivity index (χ1n) is 10.9. The molecular weight excluding hydrogens is 418 g/mol. The number of piperidine rings is 1. The number of nitrogens with zero attached hydrogens (tertiary/aromatic N) is 2. The molecule has 3 heterocycles. The average Bonchev–Trinajstić information content (AvgIpc) is 3.57. The van der Waals surface area contributed by atoms with Gasteiger partial charge in [-0.05, 0) is 37.1 Å². The van der Waals surface area contributed by atoms with Crippen LogP contribution in [0.4, 0.5) is 0 Å². The number of aromatic nitrogens is 1. The molecule has 1 N–H and O–H groups in total. The van der Waals surface area contributed by atoms with Crippen LogP contribution in [0.3, 0.4) is 0 Å². The number of carbonyl (C=O) groups is 2. The Labute approximate surface area is 191 Å². The Bertz CT molecular complexity index is 1240. The van der Waals surface area contributed by atoms with Crippen molar-refractivity contribution in [2.75, 3.05) is 13.1 Å². The Hall–Kier alpha value is -4.13. The number of amides is 2. The lowest BCUT2D eigenvalue weighted by Gasteiger charge is -2.32. The van der Waals surface area contributed by atoms with E-state index < -0.39 is 0 Å². The maximum Gasteiger partial charge on any atom is 0.289 e. The van der Waals surface area contributed by atoms with E-state index in [-0.39, 0.29) is 17.9 Å². The topological polar surface area (TPSA) is 88.6 Å². The summed E-state index contributed by atoms with van der Waals surface area (Å²) in [5, 5.41) is 3.11. The molecule has 2 amide bonds. The molecule has 166 valence electrons. The number of oxazole rings is 1. The van der Waals surface area contributed by atoms with Gasteiger partial charge < -0.3 is 19.1 Å². The maximum absolute atomic E-state index is 13.1. The molecule has 1 aliphatic rings. The van der Waals surface area contributed by atoms with Gasteiger partial charge in [-0.25, -0.2) is 4.98 Å². The summed E-state index contributed by atoms with van der Waals surface area (Å²) in [6.07, 6.45) is 4.52. The maximum atomic E-state index is 13.1. The fraction of sp³-hybridized carbons (Fsp3) is 0.192. The highest BCUT2D eigenvalue weighted by Gasteiger charge is 2.27. The second kappa shape index (κ2) is 9.16. The van der Waals surface area contributed by atoms with Crippen molar-refractivity contribution in [3.05, 3.63) is 90.5 Å². The van der Waals surface area contributed by atoms with Crippen LogP contribution in [0.5, 0.6) is 0 Å². The minimum atomic E-state index is -0.180. The minimum absolute atomic E-state index is 0.0179. The molecule has 7 nitrogen and oxygen atoms in total. The molecule has 1 saturated heterocycles. The molecular formula is C26H23N3O4. The molecule has 5 rings (SSSR count). The van der Waals surface area contributed by atoms with Gasteiger partial charge in [-0.3, -0.25) is 9.59 Å². The highest BCUT2D eigenvalue weighted by molar-refractivity contribution is 6.00. The lowest BCUT2D eigenvalue weighted by molar-refractivity contribution is 0.0667. The summed E-state index contributed by atoms with van der Waals surface area (Å²) in [5.41, 5.74) is 2.07. The second-order valence-electron chi connectivity index (χ2n) is 7.96. The Kier molecular flexibility index (Phi) is 5.76. The van der Waals surface area contributed by atoms with E-state index in [1.807, 2.05) is 48.5 Å². The van der Waals surface area contributed by atoms with E-state index in [0.717, 1.165) is 5.56 Å². The summed E-state index contributed by atoms with van der Waals surface area (Å²) >= 11 is 0. The number of hydrogen-bond donors (Lipinski definition) is 1. The van der Waals surface area contributed by atoms with Gasteiger partial charge in [0.15, 0.2) is 11.5 Å². The summed E-state index contributed by atoms with van der Waals surface area (Å²) in [5.74, 6) is 1.09. The first kappa shape index (κ1) is 20.8. The molecule has 0 aliphatic carbocycles. The smallest absolute Gasteiger partial charge is 0.289 e. The van der Waals surface area contributed by atoms with Gasteiger partial charge >= 0.3 is 0 Å². The highest BCUT2D eigenvalue weighted by Crippen LogP contribution is 2.28. The SMILES string of the molecule is O=C(NC1CCN(C(=O)c2ccco2)CC1)c1ccccc1-c1ncc(-c2ccccc2)o1. The molecule has 0 atom stereocenters. The van der Waals surface area contributed by atoms with Gasteiger partial charge in [0.05, 0.1) is 18.0 Å². The predicted octanol–water partition coefficient (Wildman–Crippen LogP) is 4.64. The van der Waals surface area contributed by atoms with Gasteiger partial charge in [-0.2, -0.15) is 0 Å². The highest BCUT2D eigenvalue weighted by atomic mass is 16.4. The average molecular weight is 441 g/mol. The van der Waals surface area contributed by atoms with Gasteiger partial charge in [0.2, 0.25) is 5.89 Å². The monoisotopic (exact) mass is 441 g/mol. The zero-order valence-electron chi connectivity index (χ0n) is 17.9. The van der Waals surface area contributed by atoms with Crippen molar-refractivity contribution in [3.8, 4) is 22.8 Å². The third kappa shape index (κ3) is 4.43. The molecule has 0 bridgehead atoms. The molecule has 2 aromatic heterocycles. The Balaban J connectivity index is 1.26. The van der Waals surface area contributed by atoms with Crippen molar-refractivity contribution >= 4 is 11.8 Å². The van der Waals surface area contributed by atoms with Gasteiger partial charge in [-0.15, -0.1) is 0 Å². The summed E-state index contributed by atoms with van der Waals surface area (Å²) < 4.78 is 11.2. The Morgan fingerprint density at radius 1 is 0.939 bits per heavy atom. The third-order valence-electron chi connectivity index (χ3n) is 5.82. The van der Waals surface area contributed by atoms with Crippen LogP contribution in [0.25, 0.3) is 22.8 Å². The number of hydrogen-bond acceptors (Lipinski definition) is 5. The van der Waals surface area contributed by atoms with E-state index >= 15 is 0 Å². The van der Waals surface area contributed by atoms with Crippen LogP contribution in [0.2, 0.25) is 0 Å². The second-order valence-corrected chi connectivity index (χ2v) is 7.96. The fourth-order valence-corrected chi connectivity index (χ4v) is 4.05. The number of rotatable bonds is 5. The first-order valence-corrected chi connectivity index (χ1v) is 10.9. The Morgan fingerprint density at radius 3 is 2.45 bits per heavy atom. The standard InChI is InChI=1S/C26H23N3O4/c30-24(28-19-12-14-29(15-13-19)26(31)22-11-6-16-32-22)20-9-4-5-10-21(20)25-27-17-23(33-25)18-7-2-1-3-8-18/h1-11,16-17,19H,12-15H2,(H,28,30). The van der Waals surface area contributed by atoms with E-state index in [0.29, 0.717) is 54.5 Å². The molecule has 1 fully saturated rings. The van der Waals surface area contributed by atoms with Crippen molar-refractivity contribution in [1.82, 2.24) is 15.2 Å². The summed E-state index contributed by atoms with van der Waals surface area (Å²) in [4.78, 5) is 31.7. The predicted molar refractivity (Wildman–Crippen MR) is 122 cm³/mol. The van der Waals surface area contributed by atoms with Crippen LogP contribution in [-0.4, -0.2) is 40.8 Å². The summed E-state index contributed by atoms with van der Waals surface area (Å²) in [7, 11) is 0. The third-order valence-corrected chi connectivity index (χ3v) is 5.82. The summed E-state index contributed by atoms with van der Waals surface area (Å²) in [6, 6.07) is 20.4. The van der Waals surface area contributed by atoms with Crippen molar-refractivity contribution in [1.29, 1.82) is 0 Å². The molecule has 0 radical (unpaired) electrons. The molecule has 0 unspecified atom stereocenters. The summed E-state index contributed by atoms with van der Waals surface area (Å²) in [6.45, 7) is 1.12. The van der Waals surface area contributed by atoms with Crippen molar-refractivity contribution in [2.45, 2.75) is 18.9 Å². The van der Waals surface area contributed by atoms with Crippen LogP contribution in [0, 0.1) is 0 Å². The van der Waals surface area contributed by atoms with E-state index in [4.69, 9.17) is 8.83 Å². The number of nitrogens with one attached hydrogen (secondary N) is 1. The van der Waals surface area contributed by atoms with Crippen molar-refractivity contribution < 1.29 is 18.4 Å². The van der Waals surface area contributed by atoms with Crippen LogP contribution in [0.1, 0.15) is 33.8 Å². The molecule has 0 spiro atoms. The Morgan fingerprint density at radius 2 is 1.70 bits per heavy atom. The zero-order valence-corrected chi connectivity index (χ0v) is 17.9. The largest absolute Gasteiger partial charge is 0.459 e. The number of furan rings is 1. The lowest BCUT2D eigenvalue weighted by atomic mass is 10.0. The lowest BCUT2D eigenvalue weighted by Crippen LogP contribution is -2.46. The first-order chi connectivity index (χ1) is 16.2. The molecule has 33 heavy (non-hydrogen) atoms. The molecule has 0 saturated carbocycles. The van der Waals surface area contributed by atoms with Gasteiger partial charge in [-0.1, -0.05) is 42.5 Å². The zero-order chi connectivity index (χ0) is 22.6. The molecule has 4 aromatic rings. The van der Waals surface area contributed by atoms with E-state index in [1.54, 1.807) is 29.3 Å². The van der Waals surface area contributed by atoms with Crippen LogP contribution < -0.4 is 5.32 Å². The van der Waals surface area contributed by atoms with Crippen molar-refractivity contribution in [2.24, 2.45) is 0 Å². The van der Waals surface area contributed by atoms with Gasteiger partial charge in [0.1, 0.15) is 0 Å². The van der Waals surface area contributed by atoms with Crippen LogP contribution >= 0.6 is 0 Å². The molecule has 7 heteroatoms. The molecule has 1 aliphatic heterocycles.